The van der Waals surface area contributed by atoms with Gasteiger partial charge in [-0.25, -0.2) is 8.78 Å². The molecule has 138 valence electrons. The normalized spacial score (nSPS) is 15.0. The summed E-state index contributed by atoms with van der Waals surface area (Å²) in [5, 5.41) is 5.60. The Morgan fingerprint density at radius 3 is 2.62 bits per heavy atom. The van der Waals surface area contributed by atoms with Gasteiger partial charge in [0.15, 0.2) is 5.82 Å². The van der Waals surface area contributed by atoms with E-state index in [1.807, 2.05) is 22.6 Å². The minimum absolute atomic E-state index is 0.0274. The summed E-state index contributed by atoms with van der Waals surface area (Å²) in [5.41, 5.74) is 0.116. The molecule has 1 amide bonds. The number of halogens is 3. The fourth-order valence-electron chi connectivity index (χ4n) is 2.78. The molecule has 1 aromatic heterocycles. The van der Waals surface area contributed by atoms with Gasteiger partial charge in [0.25, 0.3) is 5.91 Å². The highest BCUT2D eigenvalue weighted by molar-refractivity contribution is 14.1. The maximum absolute atomic E-state index is 14.3. The quantitative estimate of drug-likeness (QED) is 0.655. The number of anilines is 2. The minimum atomic E-state index is -0.751. The summed E-state index contributed by atoms with van der Waals surface area (Å²) in [4.78, 5) is 18.5. The van der Waals surface area contributed by atoms with Gasteiger partial charge in [-0.3, -0.25) is 14.7 Å². The van der Waals surface area contributed by atoms with Gasteiger partial charge in [-0.2, -0.15) is 0 Å². The molecule has 2 N–H and O–H groups in total. The second kappa shape index (κ2) is 7.83. The molecule has 2 heterocycles. The van der Waals surface area contributed by atoms with Crippen molar-refractivity contribution in [2.75, 3.05) is 18.4 Å². The van der Waals surface area contributed by atoms with Gasteiger partial charge in [-0.05, 0) is 54.6 Å². The molecule has 3 rings (SSSR count). The lowest BCUT2D eigenvalue weighted by atomic mass is 10.1. The number of likely N-dealkylation sites (tertiary alicyclic amines) is 1. The van der Waals surface area contributed by atoms with Crippen molar-refractivity contribution in [1.29, 1.82) is 0 Å². The Kier molecular flexibility index (Phi) is 5.71. The molecule has 1 aliphatic rings. The monoisotopic (exact) mass is 472 g/mol. The highest BCUT2D eigenvalue weighted by atomic mass is 127. The second-order valence-corrected chi connectivity index (χ2v) is 7.76. The Morgan fingerprint density at radius 2 is 1.96 bits per heavy atom. The van der Waals surface area contributed by atoms with Crippen molar-refractivity contribution >= 4 is 39.9 Å². The van der Waals surface area contributed by atoms with Crippen molar-refractivity contribution in [2.24, 2.45) is 0 Å². The van der Waals surface area contributed by atoms with Gasteiger partial charge in [0, 0.05) is 22.7 Å². The average Bonchev–Trinajstić information content (AvgIpc) is 2.52. The third-order valence-electron chi connectivity index (χ3n) is 4.30. The van der Waals surface area contributed by atoms with E-state index >= 15 is 0 Å². The Hall–Kier alpha value is -1.81. The smallest absolute Gasteiger partial charge is 0.256 e. The fraction of sp³-hybridized carbons (Fsp3) is 0.333. The molecule has 8 heteroatoms. The number of hydrogen-bond acceptors (Lipinski definition) is 4. The first-order valence-corrected chi connectivity index (χ1v) is 9.33. The van der Waals surface area contributed by atoms with Gasteiger partial charge in [0.05, 0.1) is 29.8 Å². The maximum Gasteiger partial charge on any atom is 0.256 e. The van der Waals surface area contributed by atoms with E-state index < -0.39 is 17.5 Å². The molecule has 0 radical (unpaired) electrons. The van der Waals surface area contributed by atoms with E-state index in [4.69, 9.17) is 0 Å². The highest BCUT2D eigenvalue weighted by Gasteiger charge is 2.31. The van der Waals surface area contributed by atoms with Crippen LogP contribution in [0.1, 0.15) is 24.2 Å². The molecule has 26 heavy (non-hydrogen) atoms. The predicted octanol–water partition coefficient (Wildman–Crippen LogP) is 3.53. The van der Waals surface area contributed by atoms with Crippen LogP contribution in [0.4, 0.5) is 20.2 Å². The molecule has 2 aromatic rings. The first-order chi connectivity index (χ1) is 12.3. The van der Waals surface area contributed by atoms with Crippen LogP contribution in [0.3, 0.4) is 0 Å². The number of nitrogens with zero attached hydrogens (tertiary/aromatic N) is 2. The van der Waals surface area contributed by atoms with Crippen molar-refractivity contribution in [3.63, 3.8) is 0 Å². The van der Waals surface area contributed by atoms with Crippen molar-refractivity contribution in [1.82, 2.24) is 15.2 Å². The number of nitrogens with one attached hydrogen (secondary N) is 2. The fourth-order valence-corrected chi connectivity index (χ4v) is 3.23. The Bertz CT molecular complexity index is 825. The number of benzene rings is 1. The Labute approximate surface area is 164 Å². The first-order valence-electron chi connectivity index (χ1n) is 8.25. The number of amides is 1. The minimum Gasteiger partial charge on any atom is -0.351 e. The third-order valence-corrected chi connectivity index (χ3v) is 4.97. The van der Waals surface area contributed by atoms with Crippen LogP contribution in [-0.2, 0) is 0 Å². The van der Waals surface area contributed by atoms with Crippen molar-refractivity contribution in [3.8, 4) is 0 Å². The van der Waals surface area contributed by atoms with E-state index in [0.717, 1.165) is 22.9 Å². The highest BCUT2D eigenvalue weighted by Crippen LogP contribution is 2.25. The summed E-state index contributed by atoms with van der Waals surface area (Å²) in [7, 11) is 0. The van der Waals surface area contributed by atoms with Crippen LogP contribution in [0.15, 0.2) is 30.6 Å². The molecular weight excluding hydrogens is 453 g/mol. The van der Waals surface area contributed by atoms with Crippen LogP contribution in [0.25, 0.3) is 0 Å². The van der Waals surface area contributed by atoms with E-state index in [1.54, 1.807) is 6.07 Å². The summed E-state index contributed by atoms with van der Waals surface area (Å²) in [6.07, 6.45) is 2.29. The third kappa shape index (κ3) is 4.12. The number of aromatic nitrogens is 1. The lowest BCUT2D eigenvalue weighted by molar-refractivity contribution is 0.0711. The van der Waals surface area contributed by atoms with Crippen LogP contribution < -0.4 is 10.6 Å². The van der Waals surface area contributed by atoms with Crippen molar-refractivity contribution in [2.45, 2.75) is 25.9 Å². The van der Waals surface area contributed by atoms with Gasteiger partial charge in [-0.15, -0.1) is 0 Å². The van der Waals surface area contributed by atoms with E-state index in [1.165, 1.54) is 18.3 Å². The van der Waals surface area contributed by atoms with Crippen LogP contribution >= 0.6 is 22.6 Å². The molecule has 1 saturated heterocycles. The summed E-state index contributed by atoms with van der Waals surface area (Å²) in [5.74, 6) is -1.77. The lowest BCUT2D eigenvalue weighted by Gasteiger charge is -2.42. The predicted molar refractivity (Wildman–Crippen MR) is 105 cm³/mol. The number of pyridine rings is 1. The van der Waals surface area contributed by atoms with Gasteiger partial charge in [-0.1, -0.05) is 0 Å². The summed E-state index contributed by atoms with van der Waals surface area (Å²) >= 11 is 2.00. The second-order valence-electron chi connectivity index (χ2n) is 6.51. The Balaban J connectivity index is 1.78. The zero-order chi connectivity index (χ0) is 18.8. The van der Waals surface area contributed by atoms with Crippen molar-refractivity contribution < 1.29 is 13.6 Å². The van der Waals surface area contributed by atoms with Gasteiger partial charge in [0.1, 0.15) is 11.4 Å². The van der Waals surface area contributed by atoms with E-state index in [9.17, 15) is 13.6 Å². The Morgan fingerprint density at radius 1 is 1.23 bits per heavy atom. The van der Waals surface area contributed by atoms with Crippen molar-refractivity contribution in [3.05, 3.63) is 51.4 Å². The molecule has 0 bridgehead atoms. The largest absolute Gasteiger partial charge is 0.351 e. The van der Waals surface area contributed by atoms with E-state index in [2.05, 4.69) is 34.4 Å². The van der Waals surface area contributed by atoms with Crippen LogP contribution in [0.2, 0.25) is 0 Å². The summed E-state index contributed by atoms with van der Waals surface area (Å²) in [6, 6.07) is 4.98. The molecule has 0 spiro atoms. The van der Waals surface area contributed by atoms with E-state index in [0.29, 0.717) is 6.04 Å². The topological polar surface area (TPSA) is 57.3 Å². The molecule has 1 aromatic carbocycles. The summed E-state index contributed by atoms with van der Waals surface area (Å²) < 4.78 is 29.1. The average molecular weight is 472 g/mol. The van der Waals surface area contributed by atoms with Crippen LogP contribution in [0, 0.1) is 15.2 Å². The molecule has 5 nitrogen and oxygen atoms in total. The maximum atomic E-state index is 14.3. The number of rotatable bonds is 5. The lowest BCUT2D eigenvalue weighted by Crippen LogP contribution is -2.61. The molecular formula is C18H19F2IN4O. The molecule has 0 unspecified atom stereocenters. The van der Waals surface area contributed by atoms with Gasteiger partial charge >= 0.3 is 0 Å². The molecule has 1 fully saturated rings. The van der Waals surface area contributed by atoms with Crippen LogP contribution in [0.5, 0.6) is 0 Å². The SMILES string of the molecule is CC(C)N1CC(NC(=O)c2c(F)cncc2Nc2ccc(I)cc2F)C1. The summed E-state index contributed by atoms with van der Waals surface area (Å²) in [6.45, 7) is 5.62. The number of carbonyl (C=O) groups is 1. The number of carbonyl (C=O) groups excluding carboxylic acids is 1. The molecule has 0 saturated carbocycles. The molecule has 1 aliphatic heterocycles. The standard InChI is InChI=1S/C18H19F2IN4O/c1-10(2)25-8-12(9-25)23-18(26)17-14(20)6-22-7-16(17)24-15-4-3-11(21)5-13(15)19/h3-7,10,12,24H,8-9H2,1-2H3,(H,23,26). The zero-order valence-corrected chi connectivity index (χ0v) is 16.5. The zero-order valence-electron chi connectivity index (χ0n) is 14.4. The van der Waals surface area contributed by atoms with E-state index in [-0.39, 0.29) is 23.0 Å². The van der Waals surface area contributed by atoms with Crippen LogP contribution in [-0.4, -0.2) is 41.0 Å². The van der Waals surface area contributed by atoms with Gasteiger partial charge < -0.3 is 10.6 Å². The molecule has 0 aliphatic carbocycles. The number of hydrogen-bond donors (Lipinski definition) is 2. The first kappa shape index (κ1) is 19.0. The van der Waals surface area contributed by atoms with Gasteiger partial charge in [0.2, 0.25) is 0 Å². The molecule has 0 atom stereocenters.